The lowest BCUT2D eigenvalue weighted by Crippen LogP contribution is -2.32. The van der Waals surface area contributed by atoms with E-state index in [4.69, 9.17) is 0 Å². The molecule has 24 heavy (non-hydrogen) atoms. The molecule has 1 N–H and O–H groups in total. The molecule has 1 aromatic carbocycles. The van der Waals surface area contributed by atoms with Crippen molar-refractivity contribution in [2.75, 3.05) is 12.0 Å². The number of imidazole rings is 1. The van der Waals surface area contributed by atoms with Gasteiger partial charge in [-0.15, -0.1) is 0 Å². The molecule has 0 bridgehead atoms. The third-order valence-corrected chi connectivity index (χ3v) is 4.83. The zero-order chi connectivity index (χ0) is 16.9. The van der Waals surface area contributed by atoms with Crippen LogP contribution in [0.3, 0.4) is 0 Å². The summed E-state index contributed by atoms with van der Waals surface area (Å²) < 4.78 is 4.00. The minimum absolute atomic E-state index is 0.0345. The Morgan fingerprint density at radius 1 is 1.25 bits per heavy atom. The highest BCUT2D eigenvalue weighted by Crippen LogP contribution is 2.17. The minimum Gasteiger partial charge on any atom is -0.347 e. The van der Waals surface area contributed by atoms with Crippen LogP contribution in [0.25, 0.3) is 11.0 Å². The van der Waals surface area contributed by atoms with Crippen molar-refractivity contribution in [1.29, 1.82) is 0 Å². The average molecular weight is 342 g/mol. The van der Waals surface area contributed by atoms with Gasteiger partial charge < -0.3 is 14.5 Å². The van der Waals surface area contributed by atoms with Gasteiger partial charge in [0.2, 0.25) is 5.91 Å². The maximum absolute atomic E-state index is 12.7. The van der Waals surface area contributed by atoms with Crippen molar-refractivity contribution in [2.24, 2.45) is 7.05 Å². The Bertz CT molecular complexity index is 810. The number of nitrogens with zero attached hydrogens (tertiary/aromatic N) is 3. The zero-order valence-electron chi connectivity index (χ0n) is 14.0. The van der Waals surface area contributed by atoms with E-state index in [0.29, 0.717) is 6.54 Å². The van der Waals surface area contributed by atoms with Gasteiger partial charge in [0.05, 0.1) is 17.6 Å². The van der Waals surface area contributed by atoms with Crippen molar-refractivity contribution in [2.45, 2.75) is 19.0 Å². The van der Waals surface area contributed by atoms with Crippen LogP contribution in [0.2, 0.25) is 0 Å². The van der Waals surface area contributed by atoms with Gasteiger partial charge in [-0.25, -0.2) is 4.98 Å². The first-order valence-electron chi connectivity index (χ1n) is 8.00. The van der Waals surface area contributed by atoms with Crippen LogP contribution in [0, 0.1) is 0 Å². The van der Waals surface area contributed by atoms with Crippen LogP contribution in [0.15, 0.2) is 48.8 Å². The second-order valence-corrected chi connectivity index (χ2v) is 6.71. The Morgan fingerprint density at radius 2 is 2.00 bits per heavy atom. The van der Waals surface area contributed by atoms with Gasteiger partial charge in [-0.3, -0.25) is 4.79 Å². The van der Waals surface area contributed by atoms with Gasteiger partial charge in [0.15, 0.2) is 0 Å². The lowest BCUT2D eigenvalue weighted by atomic mass is 10.2. The molecule has 3 rings (SSSR count). The molecule has 1 atom stereocenters. The first kappa shape index (κ1) is 16.6. The molecule has 1 unspecified atom stereocenters. The number of hydrogen-bond acceptors (Lipinski definition) is 3. The molecule has 0 aliphatic rings. The number of carbonyl (C=O) groups excluding carboxylic acids is 1. The highest BCUT2D eigenvalue weighted by Gasteiger charge is 2.19. The van der Waals surface area contributed by atoms with E-state index in [-0.39, 0.29) is 11.9 Å². The van der Waals surface area contributed by atoms with Gasteiger partial charge in [-0.2, -0.15) is 11.8 Å². The second kappa shape index (κ2) is 7.57. The summed E-state index contributed by atoms with van der Waals surface area (Å²) in [6.45, 7) is 0.432. The summed E-state index contributed by atoms with van der Waals surface area (Å²) in [7, 11) is 1.98. The molecule has 3 aromatic rings. The Labute approximate surface area is 146 Å². The normalized spacial score (nSPS) is 12.4. The van der Waals surface area contributed by atoms with Crippen molar-refractivity contribution in [3.63, 3.8) is 0 Å². The number of hydrogen-bond donors (Lipinski definition) is 1. The molecule has 2 aromatic heterocycles. The monoisotopic (exact) mass is 342 g/mol. The van der Waals surface area contributed by atoms with E-state index in [1.807, 2.05) is 65.0 Å². The fourth-order valence-corrected chi connectivity index (χ4v) is 3.30. The summed E-state index contributed by atoms with van der Waals surface area (Å²) >= 11 is 1.75. The molecule has 0 aliphatic heterocycles. The van der Waals surface area contributed by atoms with E-state index in [9.17, 15) is 4.79 Å². The van der Waals surface area contributed by atoms with Crippen LogP contribution in [0.1, 0.15) is 18.3 Å². The standard InChI is InChI=1S/C18H22N4OS/c1-21-15-8-4-3-7-14(15)20-17(21)13-19-18(23)16(9-12-24-2)22-10-5-6-11-22/h3-8,10-11,16H,9,12-13H2,1-2H3,(H,19,23). The summed E-state index contributed by atoms with van der Waals surface area (Å²) in [5.41, 5.74) is 2.03. The number of nitrogens with one attached hydrogen (secondary N) is 1. The first-order valence-corrected chi connectivity index (χ1v) is 9.39. The van der Waals surface area contributed by atoms with E-state index in [0.717, 1.165) is 29.0 Å². The largest absolute Gasteiger partial charge is 0.347 e. The number of carbonyl (C=O) groups is 1. The predicted molar refractivity (Wildman–Crippen MR) is 99.0 cm³/mol. The van der Waals surface area contributed by atoms with E-state index in [2.05, 4.69) is 16.6 Å². The predicted octanol–water partition coefficient (Wildman–Crippen LogP) is 2.99. The van der Waals surface area contributed by atoms with E-state index >= 15 is 0 Å². The van der Waals surface area contributed by atoms with Crippen molar-refractivity contribution in [1.82, 2.24) is 19.4 Å². The Morgan fingerprint density at radius 3 is 2.71 bits per heavy atom. The number of fused-ring (bicyclic) bond motifs is 1. The van der Waals surface area contributed by atoms with Crippen LogP contribution in [0.4, 0.5) is 0 Å². The zero-order valence-corrected chi connectivity index (χ0v) is 14.8. The molecule has 0 fully saturated rings. The van der Waals surface area contributed by atoms with E-state index in [1.165, 1.54) is 0 Å². The number of amides is 1. The highest BCUT2D eigenvalue weighted by atomic mass is 32.2. The van der Waals surface area contributed by atoms with Crippen LogP contribution in [-0.4, -0.2) is 32.0 Å². The number of thioether (sulfide) groups is 1. The molecular formula is C18H22N4OS. The summed E-state index contributed by atoms with van der Waals surface area (Å²) in [6.07, 6.45) is 6.76. The van der Waals surface area contributed by atoms with E-state index in [1.54, 1.807) is 11.8 Å². The molecule has 126 valence electrons. The number of aromatic nitrogens is 3. The molecule has 5 nitrogen and oxygen atoms in total. The Balaban J connectivity index is 1.71. The van der Waals surface area contributed by atoms with Gasteiger partial charge in [0.1, 0.15) is 11.9 Å². The van der Waals surface area contributed by atoms with Gasteiger partial charge in [0.25, 0.3) is 0 Å². The van der Waals surface area contributed by atoms with Gasteiger partial charge >= 0.3 is 0 Å². The molecule has 2 heterocycles. The molecular weight excluding hydrogens is 320 g/mol. The maximum Gasteiger partial charge on any atom is 0.243 e. The van der Waals surface area contributed by atoms with Crippen molar-refractivity contribution in [3.8, 4) is 0 Å². The SMILES string of the molecule is CSCCC(C(=O)NCc1nc2ccccc2n1C)n1cccc1. The van der Waals surface area contributed by atoms with Crippen LogP contribution >= 0.6 is 11.8 Å². The molecule has 0 saturated heterocycles. The summed E-state index contributed by atoms with van der Waals surface area (Å²) in [5, 5.41) is 3.05. The van der Waals surface area contributed by atoms with Crippen LogP contribution in [0.5, 0.6) is 0 Å². The number of benzene rings is 1. The average Bonchev–Trinajstić information content (AvgIpc) is 3.22. The maximum atomic E-state index is 12.7. The number of aryl methyl sites for hydroxylation is 1. The van der Waals surface area contributed by atoms with E-state index < -0.39 is 0 Å². The van der Waals surface area contributed by atoms with Crippen molar-refractivity contribution in [3.05, 3.63) is 54.6 Å². The molecule has 0 radical (unpaired) electrons. The summed E-state index contributed by atoms with van der Waals surface area (Å²) in [5.74, 6) is 1.84. The Hall–Kier alpha value is -2.21. The Kier molecular flexibility index (Phi) is 5.25. The lowest BCUT2D eigenvalue weighted by Gasteiger charge is -2.18. The van der Waals surface area contributed by atoms with Gasteiger partial charge in [-0.05, 0) is 42.7 Å². The third-order valence-electron chi connectivity index (χ3n) is 4.19. The first-order chi connectivity index (χ1) is 11.7. The number of para-hydroxylation sites is 2. The second-order valence-electron chi connectivity index (χ2n) is 5.72. The third kappa shape index (κ3) is 3.48. The summed E-state index contributed by atoms with van der Waals surface area (Å²) in [6, 6.07) is 11.7. The van der Waals surface area contributed by atoms with Crippen LogP contribution in [-0.2, 0) is 18.4 Å². The highest BCUT2D eigenvalue weighted by molar-refractivity contribution is 7.98. The minimum atomic E-state index is -0.179. The van der Waals surface area contributed by atoms with Crippen molar-refractivity contribution >= 4 is 28.7 Å². The quantitative estimate of drug-likeness (QED) is 0.718. The molecule has 0 aliphatic carbocycles. The molecule has 1 amide bonds. The fourth-order valence-electron chi connectivity index (χ4n) is 2.84. The fraction of sp³-hybridized carbons (Fsp3) is 0.333. The topological polar surface area (TPSA) is 51.9 Å². The smallest absolute Gasteiger partial charge is 0.243 e. The van der Waals surface area contributed by atoms with Gasteiger partial charge in [0, 0.05) is 19.4 Å². The molecule has 6 heteroatoms. The molecule has 0 spiro atoms. The molecule has 0 saturated carbocycles. The van der Waals surface area contributed by atoms with Gasteiger partial charge in [-0.1, -0.05) is 12.1 Å². The van der Waals surface area contributed by atoms with Crippen molar-refractivity contribution < 1.29 is 4.79 Å². The van der Waals surface area contributed by atoms with Crippen LogP contribution < -0.4 is 5.32 Å². The lowest BCUT2D eigenvalue weighted by molar-refractivity contribution is -0.124. The number of rotatable bonds is 7. The summed E-state index contributed by atoms with van der Waals surface area (Å²) in [4.78, 5) is 17.3.